The summed E-state index contributed by atoms with van der Waals surface area (Å²) in [7, 11) is 6.03. The number of allylic oxidation sites excluding steroid dienone is 1. The van der Waals surface area contributed by atoms with Gasteiger partial charge in [-0.25, -0.2) is 0 Å². The molecule has 2 unspecified atom stereocenters. The number of benzene rings is 1. The zero-order valence-corrected chi connectivity index (χ0v) is 14.3. The lowest BCUT2D eigenvalue weighted by Gasteiger charge is -2.44. The Bertz CT molecular complexity index is 574. The molecule has 5 nitrogen and oxygen atoms in total. The summed E-state index contributed by atoms with van der Waals surface area (Å²) in [6, 6.07) is 9.88. The molecule has 0 heterocycles. The number of ether oxygens (including phenoxy) is 4. The lowest BCUT2D eigenvalue weighted by molar-refractivity contribution is -0.245. The van der Waals surface area contributed by atoms with Gasteiger partial charge in [-0.3, -0.25) is 4.79 Å². The molecule has 1 aromatic carbocycles. The first-order chi connectivity index (χ1) is 11.1. The monoisotopic (exact) mass is 320 g/mol. The molecule has 1 aliphatic carbocycles. The number of methoxy groups -OCH3 is 4. The molecule has 126 valence electrons. The zero-order valence-electron chi connectivity index (χ0n) is 14.3. The molecule has 0 amide bonds. The fraction of sp³-hybridized carbons (Fsp3) is 0.500. The normalized spacial score (nSPS) is 23.8. The molecule has 23 heavy (non-hydrogen) atoms. The van der Waals surface area contributed by atoms with Crippen molar-refractivity contribution in [3.05, 3.63) is 47.4 Å². The van der Waals surface area contributed by atoms with Crippen LogP contribution in [-0.2, 0) is 30.2 Å². The molecule has 5 heteroatoms. The van der Waals surface area contributed by atoms with E-state index in [9.17, 15) is 4.79 Å². The summed E-state index contributed by atoms with van der Waals surface area (Å²) in [6.45, 7) is 1.93. The molecule has 0 aliphatic heterocycles. The van der Waals surface area contributed by atoms with Crippen molar-refractivity contribution in [2.24, 2.45) is 11.8 Å². The third-order valence-corrected chi connectivity index (χ3v) is 4.60. The molecule has 0 aromatic heterocycles. The maximum absolute atomic E-state index is 12.9. The van der Waals surface area contributed by atoms with Crippen LogP contribution < -0.4 is 0 Å². The van der Waals surface area contributed by atoms with Crippen LogP contribution in [0.1, 0.15) is 12.5 Å². The Balaban J connectivity index is 2.50. The minimum Gasteiger partial charge on any atom is -0.492 e. The van der Waals surface area contributed by atoms with Gasteiger partial charge in [0.1, 0.15) is 0 Å². The highest BCUT2D eigenvalue weighted by Crippen LogP contribution is 2.44. The number of Topliss-reactive ketones (excluding diaryl/α,β-unsaturated/α-hetero) is 1. The third-order valence-electron chi connectivity index (χ3n) is 4.60. The predicted molar refractivity (Wildman–Crippen MR) is 85.6 cm³/mol. The van der Waals surface area contributed by atoms with Gasteiger partial charge >= 0.3 is 0 Å². The highest BCUT2D eigenvalue weighted by atomic mass is 16.7. The van der Waals surface area contributed by atoms with Crippen LogP contribution >= 0.6 is 0 Å². The molecule has 0 saturated heterocycles. The van der Waals surface area contributed by atoms with Gasteiger partial charge in [-0.05, 0) is 12.0 Å². The molecule has 0 spiro atoms. The quantitative estimate of drug-likeness (QED) is 0.754. The van der Waals surface area contributed by atoms with E-state index < -0.39 is 5.79 Å². The van der Waals surface area contributed by atoms with Gasteiger partial charge in [-0.1, -0.05) is 37.3 Å². The van der Waals surface area contributed by atoms with E-state index in [2.05, 4.69) is 0 Å². The van der Waals surface area contributed by atoms with Crippen molar-refractivity contribution in [1.29, 1.82) is 0 Å². The number of ketones is 1. The van der Waals surface area contributed by atoms with Crippen LogP contribution in [0.25, 0.3) is 0 Å². The van der Waals surface area contributed by atoms with Crippen LogP contribution in [0.5, 0.6) is 0 Å². The molecule has 1 aliphatic rings. The molecule has 0 saturated carbocycles. The standard InChI is InChI=1S/C18H24O5/c1-12-14(11-13-9-7-6-8-10-13)15(19)16(20-2)17(21-3)18(12,22-4)23-5/h6-10,12,14H,11H2,1-5H3. The first-order valence-corrected chi connectivity index (χ1v) is 7.56. The number of carbonyl (C=O) groups is 1. The largest absolute Gasteiger partial charge is 0.492 e. The topological polar surface area (TPSA) is 54.0 Å². The molecule has 0 radical (unpaired) electrons. The predicted octanol–water partition coefficient (Wildman–Crippen LogP) is 2.56. The van der Waals surface area contributed by atoms with Gasteiger partial charge in [0.05, 0.1) is 14.2 Å². The van der Waals surface area contributed by atoms with Gasteiger partial charge < -0.3 is 18.9 Å². The summed E-state index contributed by atoms with van der Waals surface area (Å²) < 4.78 is 22.1. The van der Waals surface area contributed by atoms with Gasteiger partial charge in [0.25, 0.3) is 0 Å². The van der Waals surface area contributed by atoms with E-state index in [1.165, 1.54) is 14.2 Å². The van der Waals surface area contributed by atoms with Crippen LogP contribution in [0.3, 0.4) is 0 Å². The lowest BCUT2D eigenvalue weighted by atomic mass is 9.74. The van der Waals surface area contributed by atoms with Crippen molar-refractivity contribution >= 4 is 5.78 Å². The van der Waals surface area contributed by atoms with Crippen LogP contribution in [0.15, 0.2) is 41.9 Å². The van der Waals surface area contributed by atoms with E-state index in [-0.39, 0.29) is 29.1 Å². The smallest absolute Gasteiger partial charge is 0.234 e. The Morgan fingerprint density at radius 2 is 1.61 bits per heavy atom. The minimum atomic E-state index is -1.15. The van der Waals surface area contributed by atoms with Crippen LogP contribution in [0, 0.1) is 11.8 Å². The Kier molecular flexibility index (Phi) is 5.44. The number of hydrogen-bond acceptors (Lipinski definition) is 5. The van der Waals surface area contributed by atoms with Gasteiger partial charge in [-0.2, -0.15) is 0 Å². The van der Waals surface area contributed by atoms with Crippen molar-refractivity contribution in [2.45, 2.75) is 19.1 Å². The average Bonchev–Trinajstić information content (AvgIpc) is 2.59. The first kappa shape index (κ1) is 17.5. The molecular weight excluding hydrogens is 296 g/mol. The van der Waals surface area contributed by atoms with E-state index in [4.69, 9.17) is 18.9 Å². The minimum absolute atomic E-state index is 0.0922. The van der Waals surface area contributed by atoms with Crippen LogP contribution in [0.2, 0.25) is 0 Å². The highest BCUT2D eigenvalue weighted by Gasteiger charge is 2.55. The van der Waals surface area contributed by atoms with Crippen molar-refractivity contribution in [3.63, 3.8) is 0 Å². The van der Waals surface area contributed by atoms with Gasteiger partial charge in [0.2, 0.25) is 23.1 Å². The second-order valence-electron chi connectivity index (χ2n) is 5.59. The van der Waals surface area contributed by atoms with Crippen molar-refractivity contribution in [3.8, 4) is 0 Å². The highest BCUT2D eigenvalue weighted by molar-refractivity contribution is 5.97. The summed E-state index contributed by atoms with van der Waals surface area (Å²) in [5.41, 5.74) is 1.08. The average molecular weight is 320 g/mol. The number of rotatable bonds is 6. The SMILES string of the molecule is COC1=C(OC)C(OC)(OC)C(C)C(Cc2ccccc2)C1=O. The number of carbonyl (C=O) groups excluding carboxylic acids is 1. The summed E-state index contributed by atoms with van der Waals surface area (Å²) in [4.78, 5) is 12.9. The molecule has 0 fully saturated rings. The van der Waals surface area contributed by atoms with Crippen LogP contribution in [0.4, 0.5) is 0 Å². The maximum Gasteiger partial charge on any atom is 0.234 e. The summed E-state index contributed by atoms with van der Waals surface area (Å²) in [6.07, 6.45) is 0.583. The Hall–Kier alpha value is -1.85. The van der Waals surface area contributed by atoms with Crippen molar-refractivity contribution in [2.75, 3.05) is 28.4 Å². The molecule has 0 bridgehead atoms. The van der Waals surface area contributed by atoms with E-state index in [0.717, 1.165) is 5.56 Å². The second-order valence-corrected chi connectivity index (χ2v) is 5.59. The fourth-order valence-corrected chi connectivity index (χ4v) is 3.34. The lowest BCUT2D eigenvalue weighted by Crippen LogP contribution is -2.53. The Labute approximate surface area is 137 Å². The van der Waals surface area contributed by atoms with Gasteiger partial charge in [-0.15, -0.1) is 0 Å². The van der Waals surface area contributed by atoms with Crippen molar-refractivity contribution < 1.29 is 23.7 Å². The summed E-state index contributed by atoms with van der Waals surface area (Å²) >= 11 is 0. The third kappa shape index (κ3) is 2.86. The molecule has 1 aromatic rings. The summed E-state index contributed by atoms with van der Waals surface area (Å²) in [5, 5.41) is 0. The first-order valence-electron chi connectivity index (χ1n) is 7.56. The molecule has 2 atom stereocenters. The zero-order chi connectivity index (χ0) is 17.0. The van der Waals surface area contributed by atoms with Crippen LogP contribution in [-0.4, -0.2) is 40.0 Å². The van der Waals surface area contributed by atoms with E-state index in [0.29, 0.717) is 6.42 Å². The fourth-order valence-electron chi connectivity index (χ4n) is 3.34. The summed E-state index contributed by atoms with van der Waals surface area (Å²) in [5.74, 6) is -1.36. The van der Waals surface area contributed by atoms with E-state index in [1.807, 2.05) is 37.3 Å². The van der Waals surface area contributed by atoms with Gasteiger partial charge in [0, 0.05) is 26.1 Å². The Morgan fingerprint density at radius 1 is 1.00 bits per heavy atom. The molecular formula is C18H24O5. The van der Waals surface area contributed by atoms with Crippen molar-refractivity contribution in [1.82, 2.24) is 0 Å². The maximum atomic E-state index is 12.9. The number of hydrogen-bond donors (Lipinski definition) is 0. The molecule has 0 N–H and O–H groups in total. The molecule has 2 rings (SSSR count). The van der Waals surface area contributed by atoms with Gasteiger partial charge in [0.15, 0.2) is 0 Å². The van der Waals surface area contributed by atoms with E-state index in [1.54, 1.807) is 14.2 Å². The van der Waals surface area contributed by atoms with E-state index >= 15 is 0 Å². The second kappa shape index (κ2) is 7.15. The Morgan fingerprint density at radius 3 is 2.09 bits per heavy atom.